The summed E-state index contributed by atoms with van der Waals surface area (Å²) in [6, 6.07) is 12.8. The van der Waals surface area contributed by atoms with Crippen LogP contribution in [0.2, 0.25) is 5.02 Å². The number of hydrogen-bond acceptors (Lipinski definition) is 2. The number of amides is 1. The van der Waals surface area contributed by atoms with E-state index in [4.69, 9.17) is 11.6 Å². The summed E-state index contributed by atoms with van der Waals surface area (Å²) in [4.78, 5) is 18.8. The van der Waals surface area contributed by atoms with E-state index < -0.39 is 10.8 Å². The van der Waals surface area contributed by atoms with Crippen molar-refractivity contribution in [3.05, 3.63) is 64.3 Å². The number of carbonyl (C=O) groups is 1. The topological polar surface area (TPSA) is 53.2 Å². The molecular formula is C19H17ClN2O2S. The summed E-state index contributed by atoms with van der Waals surface area (Å²) < 4.78 is 11.5. The lowest BCUT2D eigenvalue weighted by atomic mass is 10.0. The zero-order valence-electron chi connectivity index (χ0n) is 13.7. The van der Waals surface area contributed by atoms with Crippen LogP contribution < -0.4 is 0 Å². The second-order valence-electron chi connectivity index (χ2n) is 6.23. The Morgan fingerprint density at radius 3 is 2.68 bits per heavy atom. The van der Waals surface area contributed by atoms with E-state index in [9.17, 15) is 9.00 Å². The SMILES string of the molecule is CS(=O)c1ccc(C(=O)N2CCc3[nH]c4ccc(Cl)cc4c3C2)cc1. The highest BCUT2D eigenvalue weighted by molar-refractivity contribution is 7.84. The fourth-order valence-corrected chi connectivity index (χ4v) is 4.02. The molecule has 0 bridgehead atoms. The summed E-state index contributed by atoms with van der Waals surface area (Å²) in [6.07, 6.45) is 2.43. The monoisotopic (exact) mass is 372 g/mol. The lowest BCUT2D eigenvalue weighted by Crippen LogP contribution is -2.35. The third-order valence-electron chi connectivity index (χ3n) is 4.66. The van der Waals surface area contributed by atoms with Gasteiger partial charge in [0.1, 0.15) is 0 Å². The van der Waals surface area contributed by atoms with Gasteiger partial charge in [-0.25, -0.2) is 0 Å². The van der Waals surface area contributed by atoms with Gasteiger partial charge in [0.2, 0.25) is 0 Å². The fourth-order valence-electron chi connectivity index (χ4n) is 3.33. The lowest BCUT2D eigenvalue weighted by Gasteiger charge is -2.27. The number of aromatic nitrogens is 1. The maximum atomic E-state index is 12.8. The summed E-state index contributed by atoms with van der Waals surface area (Å²) in [5.41, 5.74) is 4.00. The van der Waals surface area contributed by atoms with E-state index in [2.05, 4.69) is 4.98 Å². The van der Waals surface area contributed by atoms with Gasteiger partial charge < -0.3 is 9.88 Å². The van der Waals surface area contributed by atoms with Crippen molar-refractivity contribution in [3.63, 3.8) is 0 Å². The Hall–Kier alpha value is -2.11. The fraction of sp³-hybridized carbons (Fsp3) is 0.211. The molecule has 1 aliphatic rings. The number of fused-ring (bicyclic) bond motifs is 3. The van der Waals surface area contributed by atoms with Crippen LogP contribution in [0.3, 0.4) is 0 Å². The van der Waals surface area contributed by atoms with E-state index in [1.54, 1.807) is 30.5 Å². The summed E-state index contributed by atoms with van der Waals surface area (Å²) in [6.45, 7) is 1.24. The van der Waals surface area contributed by atoms with Crippen molar-refractivity contribution in [1.29, 1.82) is 0 Å². The van der Waals surface area contributed by atoms with Gasteiger partial charge in [0.15, 0.2) is 0 Å². The Morgan fingerprint density at radius 1 is 1.20 bits per heavy atom. The minimum Gasteiger partial charge on any atom is -0.358 e. The van der Waals surface area contributed by atoms with Crippen LogP contribution in [0.5, 0.6) is 0 Å². The van der Waals surface area contributed by atoms with Crippen molar-refractivity contribution in [1.82, 2.24) is 9.88 Å². The van der Waals surface area contributed by atoms with Crippen LogP contribution in [0.1, 0.15) is 21.6 Å². The Labute approximate surface area is 153 Å². The number of H-pyrrole nitrogens is 1. The number of benzene rings is 2. The molecule has 2 heterocycles. The van der Waals surface area contributed by atoms with Crippen LogP contribution in [0.4, 0.5) is 0 Å². The first-order valence-electron chi connectivity index (χ1n) is 8.04. The molecule has 6 heteroatoms. The number of nitrogens with zero attached hydrogens (tertiary/aromatic N) is 1. The predicted molar refractivity (Wildman–Crippen MR) is 101 cm³/mol. The molecule has 1 aliphatic heterocycles. The number of rotatable bonds is 2. The number of halogens is 1. The number of carbonyl (C=O) groups excluding carboxylic acids is 1. The van der Waals surface area contributed by atoms with Gasteiger partial charge in [-0.1, -0.05) is 11.6 Å². The molecule has 4 rings (SSSR count). The van der Waals surface area contributed by atoms with Crippen molar-refractivity contribution in [2.75, 3.05) is 12.8 Å². The lowest BCUT2D eigenvalue weighted by molar-refractivity contribution is 0.0735. The summed E-state index contributed by atoms with van der Waals surface area (Å²) >= 11 is 6.13. The number of hydrogen-bond donors (Lipinski definition) is 1. The van der Waals surface area contributed by atoms with Crippen LogP contribution in [0.15, 0.2) is 47.4 Å². The van der Waals surface area contributed by atoms with Crippen LogP contribution in [0.25, 0.3) is 10.9 Å². The molecule has 1 amide bonds. The summed E-state index contributed by atoms with van der Waals surface area (Å²) in [5, 5.41) is 1.78. The molecule has 128 valence electrons. The second-order valence-corrected chi connectivity index (χ2v) is 8.04. The van der Waals surface area contributed by atoms with E-state index >= 15 is 0 Å². The third-order valence-corrected chi connectivity index (χ3v) is 5.83. The summed E-state index contributed by atoms with van der Waals surface area (Å²) in [7, 11) is -1.04. The van der Waals surface area contributed by atoms with Gasteiger partial charge in [-0.2, -0.15) is 0 Å². The molecule has 2 aromatic carbocycles. The van der Waals surface area contributed by atoms with Crippen molar-refractivity contribution in [2.45, 2.75) is 17.9 Å². The molecule has 0 aliphatic carbocycles. The molecule has 1 aromatic heterocycles. The average Bonchev–Trinajstić information content (AvgIpc) is 2.98. The standard InChI is InChI=1S/C19H17ClN2O2S/c1-25(24)14-5-2-12(3-6-14)19(23)22-9-8-18-16(11-22)15-10-13(20)4-7-17(15)21-18/h2-7,10,21H,8-9,11H2,1H3. The Bertz CT molecular complexity index is 995. The molecule has 3 aromatic rings. The second kappa shape index (κ2) is 6.32. The van der Waals surface area contributed by atoms with Crippen molar-refractivity contribution in [2.24, 2.45) is 0 Å². The Morgan fingerprint density at radius 2 is 1.96 bits per heavy atom. The van der Waals surface area contributed by atoms with Gasteiger partial charge in [0.05, 0.1) is 0 Å². The smallest absolute Gasteiger partial charge is 0.254 e. The molecule has 0 saturated heterocycles. The first-order chi connectivity index (χ1) is 12.0. The van der Waals surface area contributed by atoms with Gasteiger partial charge in [-0.3, -0.25) is 9.00 Å². The van der Waals surface area contributed by atoms with Gasteiger partial charge in [-0.05, 0) is 42.5 Å². The van der Waals surface area contributed by atoms with E-state index in [1.165, 1.54) is 5.69 Å². The molecule has 1 unspecified atom stereocenters. The summed E-state index contributed by atoms with van der Waals surface area (Å²) in [5.74, 6) is -0.00420. The first kappa shape index (κ1) is 16.4. The van der Waals surface area contributed by atoms with Crippen LogP contribution in [-0.2, 0) is 23.8 Å². The van der Waals surface area contributed by atoms with E-state index in [0.717, 1.165) is 27.8 Å². The molecule has 0 fully saturated rings. The highest BCUT2D eigenvalue weighted by Crippen LogP contribution is 2.30. The minimum atomic E-state index is -1.04. The largest absolute Gasteiger partial charge is 0.358 e. The van der Waals surface area contributed by atoms with E-state index in [1.807, 2.05) is 23.1 Å². The van der Waals surface area contributed by atoms with E-state index in [0.29, 0.717) is 23.7 Å². The van der Waals surface area contributed by atoms with Crippen LogP contribution in [-0.4, -0.2) is 32.8 Å². The molecule has 4 nitrogen and oxygen atoms in total. The molecular weight excluding hydrogens is 356 g/mol. The molecule has 1 atom stereocenters. The van der Waals surface area contributed by atoms with Gasteiger partial charge in [-0.15, -0.1) is 0 Å². The zero-order chi connectivity index (χ0) is 17.6. The van der Waals surface area contributed by atoms with Gasteiger partial charge >= 0.3 is 0 Å². The highest BCUT2D eigenvalue weighted by Gasteiger charge is 2.25. The maximum absolute atomic E-state index is 12.8. The number of aromatic amines is 1. The van der Waals surface area contributed by atoms with Crippen molar-refractivity contribution >= 4 is 39.2 Å². The van der Waals surface area contributed by atoms with Crippen LogP contribution >= 0.6 is 11.6 Å². The predicted octanol–water partition coefficient (Wildman–Crippen LogP) is 3.76. The van der Waals surface area contributed by atoms with Crippen molar-refractivity contribution < 1.29 is 9.00 Å². The Balaban J connectivity index is 1.63. The maximum Gasteiger partial charge on any atom is 0.254 e. The number of nitrogens with one attached hydrogen (secondary N) is 1. The van der Waals surface area contributed by atoms with Crippen LogP contribution in [0, 0.1) is 0 Å². The molecule has 0 spiro atoms. The quantitative estimate of drug-likeness (QED) is 0.744. The first-order valence-corrected chi connectivity index (χ1v) is 9.98. The van der Waals surface area contributed by atoms with Gasteiger partial charge in [0.25, 0.3) is 5.91 Å². The molecule has 0 saturated carbocycles. The highest BCUT2D eigenvalue weighted by atomic mass is 35.5. The average molecular weight is 373 g/mol. The van der Waals surface area contributed by atoms with Crippen molar-refractivity contribution in [3.8, 4) is 0 Å². The van der Waals surface area contributed by atoms with E-state index in [-0.39, 0.29) is 5.91 Å². The molecule has 1 N–H and O–H groups in total. The third kappa shape index (κ3) is 2.98. The molecule has 25 heavy (non-hydrogen) atoms. The van der Waals surface area contributed by atoms with Gasteiger partial charge in [0, 0.05) is 74.2 Å². The zero-order valence-corrected chi connectivity index (χ0v) is 15.3. The Kier molecular flexibility index (Phi) is 4.13. The minimum absolute atomic E-state index is 0.00420. The normalized spacial score (nSPS) is 15.2. The molecule has 0 radical (unpaired) electrons.